The monoisotopic (exact) mass is 180 g/mol. The van der Waals surface area contributed by atoms with Crippen molar-refractivity contribution in [1.29, 1.82) is 0 Å². The molecule has 1 nitrogen and oxygen atoms in total. The van der Waals surface area contributed by atoms with Gasteiger partial charge in [0.15, 0.2) is 0 Å². The number of aromatic hydroxyl groups is 1. The molecule has 0 aliphatic heterocycles. The Hall–Kier alpha value is -0.565. The van der Waals surface area contributed by atoms with Crippen LogP contribution in [0.5, 0.6) is 5.75 Å². The second kappa shape index (κ2) is 3.06. The fourth-order valence-corrected chi connectivity index (χ4v) is 1.61. The molecule has 0 saturated heterocycles. The highest BCUT2D eigenvalue weighted by Crippen LogP contribution is 2.27. The number of thiol groups is 1. The Morgan fingerprint density at radius 1 is 1.08 bits per heavy atom. The molecule has 0 fully saturated rings. The van der Waals surface area contributed by atoms with E-state index in [1.807, 2.05) is 21.7 Å². The molecule has 0 saturated carbocycles. The van der Waals surface area contributed by atoms with E-state index in [1.165, 1.54) is 5.56 Å². The van der Waals surface area contributed by atoms with Crippen LogP contribution in [0.4, 0.5) is 0 Å². The minimum absolute atomic E-state index is 0.318. The number of benzene rings is 1. The summed E-state index contributed by atoms with van der Waals surface area (Å²) in [5, 5.41) is 9.62. The number of phenolic OH excluding ortho intramolecular Hbond substituents is 1. The summed E-state index contributed by atoms with van der Waals surface area (Å²) >= 11 is 4.25. The summed E-state index contributed by atoms with van der Waals surface area (Å²) < 4.78 is 0. The van der Waals surface area contributed by atoms with Gasteiger partial charge in [-0.3, -0.25) is 0 Å². The molecule has 0 aliphatic rings. The zero-order chi connectivity index (χ0) is 9.46. The molecule has 0 aliphatic carbocycles. The summed E-state index contributed by atoms with van der Waals surface area (Å²) in [6.45, 7) is 5.98. The van der Waals surface area contributed by atoms with Crippen molar-refractivity contribution in [3.8, 4) is 5.75 Å². The number of rotatable bonds is 0. The van der Waals surface area contributed by atoms with Crippen molar-refractivity contribution >= 4 is 25.9 Å². The average Bonchev–Trinajstić information content (AvgIpc) is 2.08. The predicted octanol–water partition coefficient (Wildman–Crippen LogP) is 0.865. The van der Waals surface area contributed by atoms with E-state index in [0.29, 0.717) is 10.6 Å². The van der Waals surface area contributed by atoms with Gasteiger partial charge < -0.3 is 5.11 Å². The van der Waals surface area contributed by atoms with Crippen molar-refractivity contribution in [2.75, 3.05) is 0 Å². The molecule has 0 radical (unpaired) electrons. The van der Waals surface area contributed by atoms with Crippen molar-refractivity contribution in [3.05, 3.63) is 16.7 Å². The Bertz CT molecular complexity index is 229. The van der Waals surface area contributed by atoms with Crippen LogP contribution < -0.4 is 5.46 Å². The van der Waals surface area contributed by atoms with Crippen LogP contribution in [-0.2, 0) is 0 Å². The molecular weight excluding hydrogens is 167 g/mol. The van der Waals surface area contributed by atoms with E-state index < -0.39 is 0 Å². The van der Waals surface area contributed by atoms with Crippen LogP contribution in [0, 0.1) is 20.8 Å². The van der Waals surface area contributed by atoms with Gasteiger partial charge in [-0.1, -0.05) is 11.0 Å². The first-order valence-electron chi connectivity index (χ1n) is 3.95. The van der Waals surface area contributed by atoms with Crippen LogP contribution in [0.15, 0.2) is 4.90 Å². The normalized spacial score (nSPS) is 10.3. The third-order valence-corrected chi connectivity index (χ3v) is 3.17. The first-order chi connectivity index (χ1) is 5.46. The maximum absolute atomic E-state index is 9.62. The zero-order valence-electron chi connectivity index (χ0n) is 7.89. The first kappa shape index (κ1) is 9.52. The van der Waals surface area contributed by atoms with Crippen LogP contribution in [0.3, 0.4) is 0 Å². The molecule has 0 heterocycles. The molecule has 1 aromatic rings. The van der Waals surface area contributed by atoms with Crippen molar-refractivity contribution in [2.24, 2.45) is 0 Å². The second-order valence-electron chi connectivity index (χ2n) is 3.20. The molecule has 0 atom stereocenters. The highest BCUT2D eigenvalue weighted by atomic mass is 32.1. The summed E-state index contributed by atoms with van der Waals surface area (Å²) in [7, 11) is 1.98. The maximum Gasteiger partial charge on any atom is 0.141 e. The van der Waals surface area contributed by atoms with Crippen LogP contribution in [0.2, 0.25) is 0 Å². The quantitative estimate of drug-likeness (QED) is 0.448. The highest BCUT2D eigenvalue weighted by Gasteiger charge is 2.10. The van der Waals surface area contributed by atoms with E-state index >= 15 is 0 Å². The van der Waals surface area contributed by atoms with E-state index in [0.717, 1.165) is 16.6 Å². The van der Waals surface area contributed by atoms with Crippen molar-refractivity contribution in [3.63, 3.8) is 0 Å². The minimum Gasteiger partial charge on any atom is -0.507 e. The largest absolute Gasteiger partial charge is 0.507 e. The summed E-state index contributed by atoms with van der Waals surface area (Å²) in [5.41, 5.74) is 4.38. The molecule has 3 heteroatoms. The number of hydrogen-bond donors (Lipinski definition) is 2. The molecule has 1 aromatic carbocycles. The van der Waals surface area contributed by atoms with Crippen molar-refractivity contribution in [1.82, 2.24) is 0 Å². The molecule has 0 unspecified atom stereocenters. The molecule has 12 heavy (non-hydrogen) atoms. The molecule has 1 N–H and O–H groups in total. The van der Waals surface area contributed by atoms with Gasteiger partial charge in [0.1, 0.15) is 13.6 Å². The summed E-state index contributed by atoms with van der Waals surface area (Å²) in [6.07, 6.45) is 0. The van der Waals surface area contributed by atoms with Crippen LogP contribution in [0.25, 0.3) is 0 Å². The first-order valence-corrected chi connectivity index (χ1v) is 4.39. The Morgan fingerprint density at radius 3 is 2.08 bits per heavy atom. The van der Waals surface area contributed by atoms with Gasteiger partial charge >= 0.3 is 0 Å². The Kier molecular flexibility index (Phi) is 2.42. The Labute approximate surface area is 79.6 Å². The SMILES string of the molecule is Bc1c(C)c(C)c(C)c(O)c1S. The Balaban J connectivity index is 3.60. The van der Waals surface area contributed by atoms with Crippen LogP contribution in [0.1, 0.15) is 16.7 Å². The number of hydrogen-bond acceptors (Lipinski definition) is 2. The summed E-state index contributed by atoms with van der Waals surface area (Å²) in [5.74, 6) is 0.318. The average molecular weight is 180 g/mol. The van der Waals surface area contributed by atoms with Gasteiger partial charge in [-0.25, -0.2) is 0 Å². The molecular formula is C9H13BOS. The lowest BCUT2D eigenvalue weighted by Gasteiger charge is -2.13. The number of phenols is 1. The summed E-state index contributed by atoms with van der Waals surface area (Å²) in [4.78, 5) is 0.704. The fourth-order valence-electron chi connectivity index (χ4n) is 1.27. The maximum atomic E-state index is 9.62. The van der Waals surface area contributed by atoms with Gasteiger partial charge in [-0.15, -0.1) is 12.6 Å². The smallest absolute Gasteiger partial charge is 0.141 e. The Morgan fingerprint density at radius 2 is 1.58 bits per heavy atom. The third-order valence-electron chi connectivity index (χ3n) is 2.62. The van der Waals surface area contributed by atoms with Gasteiger partial charge in [0.05, 0.1) is 0 Å². The van der Waals surface area contributed by atoms with Crippen LogP contribution in [-0.4, -0.2) is 13.0 Å². The van der Waals surface area contributed by atoms with Gasteiger partial charge in [0.2, 0.25) is 0 Å². The minimum atomic E-state index is 0.318. The molecule has 0 spiro atoms. The predicted molar refractivity (Wildman–Crippen MR) is 57.7 cm³/mol. The van der Waals surface area contributed by atoms with Crippen molar-refractivity contribution < 1.29 is 5.11 Å². The zero-order valence-corrected chi connectivity index (χ0v) is 8.79. The van der Waals surface area contributed by atoms with E-state index in [4.69, 9.17) is 0 Å². The van der Waals surface area contributed by atoms with Gasteiger partial charge in [0.25, 0.3) is 0 Å². The standard InChI is InChI=1S/C9H13BOS/c1-4-5(2)7(10)9(12)8(11)6(4)3/h11-12H,10H2,1-3H3. The van der Waals surface area contributed by atoms with E-state index in [9.17, 15) is 5.11 Å². The third kappa shape index (κ3) is 1.22. The topological polar surface area (TPSA) is 20.2 Å². The van der Waals surface area contributed by atoms with Crippen LogP contribution >= 0.6 is 12.6 Å². The summed E-state index contributed by atoms with van der Waals surface area (Å²) in [6, 6.07) is 0. The second-order valence-corrected chi connectivity index (χ2v) is 3.64. The lowest BCUT2D eigenvalue weighted by atomic mass is 9.86. The molecule has 0 amide bonds. The highest BCUT2D eigenvalue weighted by molar-refractivity contribution is 7.80. The lowest BCUT2D eigenvalue weighted by Crippen LogP contribution is -2.12. The van der Waals surface area contributed by atoms with Gasteiger partial charge in [-0.05, 0) is 31.9 Å². The van der Waals surface area contributed by atoms with E-state index in [1.54, 1.807) is 0 Å². The molecule has 0 bridgehead atoms. The molecule has 64 valence electrons. The van der Waals surface area contributed by atoms with Gasteiger partial charge in [0, 0.05) is 4.90 Å². The van der Waals surface area contributed by atoms with Crippen molar-refractivity contribution in [2.45, 2.75) is 25.7 Å². The van der Waals surface area contributed by atoms with E-state index in [2.05, 4.69) is 19.6 Å². The fraction of sp³-hybridized carbons (Fsp3) is 0.333. The lowest BCUT2D eigenvalue weighted by molar-refractivity contribution is 0.458. The molecule has 0 aromatic heterocycles. The van der Waals surface area contributed by atoms with E-state index in [-0.39, 0.29) is 0 Å². The molecule has 1 rings (SSSR count). The van der Waals surface area contributed by atoms with Gasteiger partial charge in [-0.2, -0.15) is 0 Å².